The number of carbonyl (C=O) groups is 1. The maximum atomic E-state index is 12.1. The molecule has 0 aliphatic rings. The lowest BCUT2D eigenvalue weighted by molar-refractivity contribution is 0.0999. The van der Waals surface area contributed by atoms with E-state index in [0.29, 0.717) is 17.0 Å². The Labute approximate surface area is 115 Å². The smallest absolute Gasteiger partial charge is 0.291 e. The maximum absolute atomic E-state index is 12.1. The van der Waals surface area contributed by atoms with E-state index in [9.17, 15) is 4.79 Å². The molecule has 20 heavy (non-hydrogen) atoms. The Morgan fingerprint density at radius 3 is 2.95 bits per heavy atom. The van der Waals surface area contributed by atoms with Crippen molar-refractivity contribution in [1.29, 1.82) is 0 Å². The van der Waals surface area contributed by atoms with Crippen molar-refractivity contribution >= 4 is 28.3 Å². The molecule has 0 bridgehead atoms. The molecule has 0 radical (unpaired) electrons. The molecule has 0 aliphatic heterocycles. The number of pyridine rings is 1. The fraction of sp³-hybridized carbons (Fsp3) is 0.0667. The number of rotatable bonds is 2. The predicted octanol–water partition coefficient (Wildman–Crippen LogP) is 2.97. The molecule has 0 fully saturated rings. The number of amides is 1. The average Bonchev–Trinajstić information content (AvgIpc) is 2.84. The fourth-order valence-corrected chi connectivity index (χ4v) is 1.98. The summed E-state index contributed by atoms with van der Waals surface area (Å²) in [6, 6.07) is 9.11. The molecule has 2 heterocycles. The summed E-state index contributed by atoms with van der Waals surface area (Å²) in [6.45, 7) is 1.99. The van der Waals surface area contributed by atoms with Crippen LogP contribution in [0.5, 0.6) is 0 Å². The van der Waals surface area contributed by atoms with Crippen LogP contribution in [-0.2, 0) is 0 Å². The van der Waals surface area contributed by atoms with E-state index in [-0.39, 0.29) is 11.7 Å². The van der Waals surface area contributed by atoms with Crippen LogP contribution in [0.1, 0.15) is 16.1 Å². The fourth-order valence-electron chi connectivity index (χ4n) is 1.98. The summed E-state index contributed by atoms with van der Waals surface area (Å²) in [5, 5.41) is 3.61. The number of nitrogens with zero attached hydrogens (tertiary/aromatic N) is 1. The first-order chi connectivity index (χ1) is 9.63. The summed E-state index contributed by atoms with van der Waals surface area (Å²) in [6.07, 6.45) is 3.05. The van der Waals surface area contributed by atoms with E-state index in [4.69, 9.17) is 10.2 Å². The molecule has 0 spiro atoms. The molecule has 0 saturated carbocycles. The molecule has 3 aromatic rings. The van der Waals surface area contributed by atoms with Gasteiger partial charge in [-0.05, 0) is 31.2 Å². The van der Waals surface area contributed by atoms with Gasteiger partial charge in [0.2, 0.25) is 0 Å². The van der Waals surface area contributed by atoms with Crippen molar-refractivity contribution in [2.45, 2.75) is 6.92 Å². The summed E-state index contributed by atoms with van der Waals surface area (Å²) >= 11 is 0. The number of furan rings is 1. The van der Waals surface area contributed by atoms with E-state index in [2.05, 4.69) is 10.3 Å². The molecular formula is C15H13N3O2. The molecule has 1 amide bonds. The first-order valence-electron chi connectivity index (χ1n) is 6.14. The van der Waals surface area contributed by atoms with E-state index < -0.39 is 0 Å². The minimum atomic E-state index is -0.336. The zero-order valence-corrected chi connectivity index (χ0v) is 10.9. The lowest BCUT2D eigenvalue weighted by Gasteiger charge is -2.04. The van der Waals surface area contributed by atoms with Gasteiger partial charge in [0, 0.05) is 11.6 Å². The van der Waals surface area contributed by atoms with Crippen LogP contribution in [0, 0.1) is 6.92 Å². The molecule has 5 nitrogen and oxygen atoms in total. The van der Waals surface area contributed by atoms with Crippen molar-refractivity contribution in [3.05, 3.63) is 54.0 Å². The lowest BCUT2D eigenvalue weighted by Crippen LogP contribution is -2.12. The number of benzene rings is 1. The Kier molecular flexibility index (Phi) is 2.87. The van der Waals surface area contributed by atoms with E-state index in [1.54, 1.807) is 18.3 Å². The van der Waals surface area contributed by atoms with Crippen LogP contribution in [0.25, 0.3) is 11.0 Å². The zero-order valence-electron chi connectivity index (χ0n) is 10.9. The molecule has 3 rings (SSSR count). The number of hydrogen-bond acceptors (Lipinski definition) is 4. The minimum Gasteiger partial charge on any atom is -0.451 e. The molecule has 0 unspecified atom stereocenters. The molecule has 0 aliphatic carbocycles. The largest absolute Gasteiger partial charge is 0.451 e. The first kappa shape index (κ1) is 12.2. The highest BCUT2D eigenvalue weighted by atomic mass is 16.3. The Hall–Kier alpha value is -2.82. The SMILES string of the molecule is Cc1ccc2oc(C(=O)Nc3ccncc3N)cc2c1. The van der Waals surface area contributed by atoms with Crippen LogP contribution >= 0.6 is 0 Å². The maximum Gasteiger partial charge on any atom is 0.291 e. The van der Waals surface area contributed by atoms with Crippen LogP contribution in [0.2, 0.25) is 0 Å². The number of fused-ring (bicyclic) bond motifs is 1. The molecular weight excluding hydrogens is 254 g/mol. The van der Waals surface area contributed by atoms with Crippen molar-refractivity contribution < 1.29 is 9.21 Å². The van der Waals surface area contributed by atoms with Crippen LogP contribution in [0.4, 0.5) is 11.4 Å². The van der Waals surface area contributed by atoms with Crippen LogP contribution in [0.3, 0.4) is 0 Å². The van der Waals surface area contributed by atoms with Gasteiger partial charge >= 0.3 is 0 Å². The molecule has 0 atom stereocenters. The molecule has 2 aromatic heterocycles. The predicted molar refractivity (Wildman–Crippen MR) is 77.6 cm³/mol. The molecule has 3 N–H and O–H groups in total. The number of nitrogen functional groups attached to an aromatic ring is 1. The Morgan fingerprint density at radius 1 is 1.30 bits per heavy atom. The summed E-state index contributed by atoms with van der Waals surface area (Å²) < 4.78 is 5.53. The molecule has 100 valence electrons. The van der Waals surface area contributed by atoms with Crippen molar-refractivity contribution in [2.75, 3.05) is 11.1 Å². The van der Waals surface area contributed by atoms with Crippen molar-refractivity contribution in [3.8, 4) is 0 Å². The molecule has 0 saturated heterocycles. The van der Waals surface area contributed by atoms with E-state index in [0.717, 1.165) is 10.9 Å². The van der Waals surface area contributed by atoms with Gasteiger partial charge in [0.05, 0.1) is 17.6 Å². The normalized spacial score (nSPS) is 10.7. The van der Waals surface area contributed by atoms with Crippen molar-refractivity contribution in [3.63, 3.8) is 0 Å². The van der Waals surface area contributed by atoms with E-state index in [1.807, 2.05) is 25.1 Å². The first-order valence-corrected chi connectivity index (χ1v) is 6.14. The summed E-state index contributed by atoms with van der Waals surface area (Å²) in [5.41, 5.74) is 8.46. The molecule has 1 aromatic carbocycles. The zero-order chi connectivity index (χ0) is 14.1. The van der Waals surface area contributed by atoms with E-state index >= 15 is 0 Å². The van der Waals surface area contributed by atoms with Crippen LogP contribution < -0.4 is 11.1 Å². The monoisotopic (exact) mass is 267 g/mol. The topological polar surface area (TPSA) is 81.2 Å². The highest BCUT2D eigenvalue weighted by Gasteiger charge is 2.13. The van der Waals surface area contributed by atoms with Crippen molar-refractivity contribution in [2.24, 2.45) is 0 Å². The highest BCUT2D eigenvalue weighted by molar-refractivity contribution is 6.05. The number of aryl methyl sites for hydroxylation is 1. The third kappa shape index (κ3) is 2.21. The van der Waals surface area contributed by atoms with Crippen molar-refractivity contribution in [1.82, 2.24) is 4.98 Å². The quantitative estimate of drug-likeness (QED) is 0.748. The molecule has 5 heteroatoms. The third-order valence-corrected chi connectivity index (χ3v) is 3.00. The number of aromatic nitrogens is 1. The van der Waals surface area contributed by atoms with Crippen LogP contribution in [-0.4, -0.2) is 10.9 Å². The minimum absolute atomic E-state index is 0.252. The number of carbonyl (C=O) groups excluding carboxylic acids is 1. The number of anilines is 2. The summed E-state index contributed by atoms with van der Waals surface area (Å²) in [5.74, 6) is -0.0847. The Bertz CT molecular complexity index is 793. The lowest BCUT2D eigenvalue weighted by atomic mass is 10.2. The van der Waals surface area contributed by atoms with Gasteiger partial charge in [-0.2, -0.15) is 0 Å². The Morgan fingerprint density at radius 2 is 2.15 bits per heavy atom. The number of nitrogens with two attached hydrogens (primary N) is 1. The van der Waals surface area contributed by atoms with Gasteiger partial charge in [-0.25, -0.2) is 0 Å². The average molecular weight is 267 g/mol. The third-order valence-electron chi connectivity index (χ3n) is 3.00. The number of hydrogen-bond donors (Lipinski definition) is 2. The second kappa shape index (κ2) is 4.70. The van der Waals surface area contributed by atoms with Gasteiger partial charge < -0.3 is 15.5 Å². The van der Waals surface area contributed by atoms with Gasteiger partial charge in [0.15, 0.2) is 5.76 Å². The van der Waals surface area contributed by atoms with Gasteiger partial charge in [-0.1, -0.05) is 11.6 Å². The second-order valence-corrected chi connectivity index (χ2v) is 4.57. The highest BCUT2D eigenvalue weighted by Crippen LogP contribution is 2.22. The second-order valence-electron chi connectivity index (χ2n) is 4.57. The van der Waals surface area contributed by atoms with Gasteiger partial charge in [0.1, 0.15) is 5.58 Å². The standard InChI is InChI=1S/C15H13N3O2/c1-9-2-3-13-10(6-9)7-14(20-13)15(19)18-12-4-5-17-8-11(12)16/h2-8H,16H2,1H3,(H,17,18,19). The summed E-state index contributed by atoms with van der Waals surface area (Å²) in [7, 11) is 0. The summed E-state index contributed by atoms with van der Waals surface area (Å²) in [4.78, 5) is 16.0. The Balaban J connectivity index is 1.91. The van der Waals surface area contributed by atoms with Gasteiger partial charge in [0.25, 0.3) is 5.91 Å². The van der Waals surface area contributed by atoms with E-state index in [1.165, 1.54) is 6.20 Å². The number of nitrogens with one attached hydrogen (secondary N) is 1. The van der Waals surface area contributed by atoms with Crippen LogP contribution in [0.15, 0.2) is 47.1 Å². The van der Waals surface area contributed by atoms with Gasteiger partial charge in [-0.15, -0.1) is 0 Å². The van der Waals surface area contributed by atoms with Gasteiger partial charge in [-0.3, -0.25) is 9.78 Å².